The molecular weight excluding hydrogens is 380 g/mol. The van der Waals surface area contributed by atoms with Crippen molar-refractivity contribution in [2.75, 3.05) is 0 Å². The number of hydrogen-bond acceptors (Lipinski definition) is 8. The fourth-order valence-electron chi connectivity index (χ4n) is 3.57. The van der Waals surface area contributed by atoms with Crippen LogP contribution in [0.5, 0.6) is 23.0 Å². The number of aryl methyl sites for hydroxylation is 1. The SMILES string of the molecule is CCc1cc2c(c(O)c1-c1cc(O)cc(=O)o1)C(=O)c1c(O)cc(O)cc1C2=O. The number of fused-ring (bicyclic) bond motifs is 2. The molecule has 0 atom stereocenters. The Labute approximate surface area is 162 Å². The molecule has 4 rings (SSSR count). The second-order valence-electron chi connectivity index (χ2n) is 6.58. The van der Waals surface area contributed by atoms with Gasteiger partial charge in [0.15, 0.2) is 5.78 Å². The fourth-order valence-corrected chi connectivity index (χ4v) is 3.57. The van der Waals surface area contributed by atoms with Crippen molar-refractivity contribution < 1.29 is 34.4 Å². The topological polar surface area (TPSA) is 145 Å². The van der Waals surface area contributed by atoms with Gasteiger partial charge in [-0.2, -0.15) is 0 Å². The van der Waals surface area contributed by atoms with E-state index in [1.807, 2.05) is 0 Å². The molecule has 3 aromatic rings. The molecule has 0 bridgehead atoms. The highest BCUT2D eigenvalue weighted by atomic mass is 16.4. The summed E-state index contributed by atoms with van der Waals surface area (Å²) in [6.45, 7) is 1.73. The summed E-state index contributed by atoms with van der Waals surface area (Å²) in [7, 11) is 0. The normalized spacial score (nSPS) is 12.6. The van der Waals surface area contributed by atoms with E-state index >= 15 is 0 Å². The van der Waals surface area contributed by atoms with Crippen molar-refractivity contribution >= 4 is 11.6 Å². The van der Waals surface area contributed by atoms with Gasteiger partial charge in [-0.25, -0.2) is 4.79 Å². The number of benzene rings is 2. The number of aromatic hydroxyl groups is 4. The maximum atomic E-state index is 13.0. The van der Waals surface area contributed by atoms with Crippen molar-refractivity contribution in [2.24, 2.45) is 0 Å². The number of phenols is 3. The summed E-state index contributed by atoms with van der Waals surface area (Å²) in [5, 5.41) is 40.4. The molecule has 8 heteroatoms. The monoisotopic (exact) mass is 394 g/mol. The molecule has 1 heterocycles. The first-order valence-corrected chi connectivity index (χ1v) is 8.61. The Morgan fingerprint density at radius 1 is 0.759 bits per heavy atom. The van der Waals surface area contributed by atoms with E-state index in [1.165, 1.54) is 6.07 Å². The summed E-state index contributed by atoms with van der Waals surface area (Å²) in [5.41, 5.74) is -1.47. The highest BCUT2D eigenvalue weighted by Crippen LogP contribution is 2.44. The van der Waals surface area contributed by atoms with Crippen LogP contribution < -0.4 is 5.63 Å². The maximum absolute atomic E-state index is 13.0. The molecule has 1 aliphatic rings. The van der Waals surface area contributed by atoms with E-state index in [1.54, 1.807) is 6.92 Å². The highest BCUT2D eigenvalue weighted by Gasteiger charge is 2.37. The lowest BCUT2D eigenvalue weighted by atomic mass is 9.80. The van der Waals surface area contributed by atoms with Gasteiger partial charge >= 0.3 is 5.63 Å². The Kier molecular flexibility index (Phi) is 3.93. The zero-order valence-electron chi connectivity index (χ0n) is 15.0. The van der Waals surface area contributed by atoms with Gasteiger partial charge in [-0.1, -0.05) is 6.92 Å². The Balaban J connectivity index is 2.07. The van der Waals surface area contributed by atoms with Gasteiger partial charge in [0, 0.05) is 23.3 Å². The molecule has 0 saturated carbocycles. The van der Waals surface area contributed by atoms with E-state index in [0.717, 1.165) is 24.3 Å². The highest BCUT2D eigenvalue weighted by molar-refractivity contribution is 6.31. The van der Waals surface area contributed by atoms with E-state index < -0.39 is 34.4 Å². The molecular formula is C21H14O8. The summed E-state index contributed by atoms with van der Waals surface area (Å²) in [4.78, 5) is 37.6. The molecule has 0 unspecified atom stereocenters. The van der Waals surface area contributed by atoms with Crippen LogP contribution in [0.25, 0.3) is 11.3 Å². The van der Waals surface area contributed by atoms with Crippen LogP contribution in [0.3, 0.4) is 0 Å². The van der Waals surface area contributed by atoms with Crippen LogP contribution in [0, 0.1) is 0 Å². The summed E-state index contributed by atoms with van der Waals surface area (Å²) in [6, 6.07) is 5.34. The van der Waals surface area contributed by atoms with E-state index in [9.17, 15) is 34.8 Å². The zero-order valence-corrected chi connectivity index (χ0v) is 15.0. The Morgan fingerprint density at radius 2 is 1.41 bits per heavy atom. The molecule has 0 amide bonds. The van der Waals surface area contributed by atoms with Crippen LogP contribution in [-0.2, 0) is 6.42 Å². The van der Waals surface area contributed by atoms with E-state index in [-0.39, 0.29) is 39.3 Å². The van der Waals surface area contributed by atoms with Crippen LogP contribution >= 0.6 is 0 Å². The van der Waals surface area contributed by atoms with Crippen molar-refractivity contribution in [1.29, 1.82) is 0 Å². The van der Waals surface area contributed by atoms with Gasteiger partial charge in [-0.05, 0) is 24.1 Å². The van der Waals surface area contributed by atoms with Crippen molar-refractivity contribution in [3.05, 3.63) is 68.6 Å². The molecule has 0 saturated heterocycles. The standard InChI is InChI=1S/C21H14O8/c1-2-8-3-11-18(20(27)16(8)14-6-10(23)7-15(25)29-14)21(28)17-12(19(11)26)4-9(22)5-13(17)24/h3-7,22-24,27H,2H2,1H3. The molecule has 146 valence electrons. The number of carbonyl (C=O) groups excluding carboxylic acids is 2. The van der Waals surface area contributed by atoms with Crippen LogP contribution in [0.2, 0.25) is 0 Å². The second-order valence-corrected chi connectivity index (χ2v) is 6.58. The van der Waals surface area contributed by atoms with E-state index in [2.05, 4.69) is 0 Å². The Bertz CT molecular complexity index is 1280. The Hall–Kier alpha value is -4.07. The average molecular weight is 394 g/mol. The van der Waals surface area contributed by atoms with Crippen LogP contribution in [0.1, 0.15) is 44.3 Å². The fraction of sp³-hybridized carbons (Fsp3) is 0.0952. The minimum absolute atomic E-state index is 0.0119. The van der Waals surface area contributed by atoms with Gasteiger partial charge < -0.3 is 24.8 Å². The first-order chi connectivity index (χ1) is 13.7. The third-order valence-corrected chi connectivity index (χ3v) is 4.81. The van der Waals surface area contributed by atoms with Gasteiger partial charge in [0.1, 0.15) is 28.8 Å². The van der Waals surface area contributed by atoms with Crippen molar-refractivity contribution in [1.82, 2.24) is 0 Å². The lowest BCUT2D eigenvalue weighted by molar-refractivity contribution is 0.0974. The average Bonchev–Trinajstić information content (AvgIpc) is 2.63. The maximum Gasteiger partial charge on any atom is 0.339 e. The van der Waals surface area contributed by atoms with Gasteiger partial charge in [-0.15, -0.1) is 0 Å². The minimum atomic E-state index is -0.861. The molecule has 0 fully saturated rings. The number of carbonyl (C=O) groups is 2. The summed E-state index contributed by atoms with van der Waals surface area (Å²) < 4.78 is 5.08. The summed E-state index contributed by atoms with van der Waals surface area (Å²) >= 11 is 0. The number of hydrogen-bond donors (Lipinski definition) is 4. The van der Waals surface area contributed by atoms with Crippen molar-refractivity contribution in [2.45, 2.75) is 13.3 Å². The van der Waals surface area contributed by atoms with E-state index in [4.69, 9.17) is 4.42 Å². The van der Waals surface area contributed by atoms with Gasteiger partial charge in [0.25, 0.3) is 0 Å². The Morgan fingerprint density at radius 3 is 2.07 bits per heavy atom. The lowest BCUT2D eigenvalue weighted by Gasteiger charge is -2.22. The zero-order chi connectivity index (χ0) is 21.0. The third-order valence-electron chi connectivity index (χ3n) is 4.81. The summed E-state index contributed by atoms with van der Waals surface area (Å²) in [5.74, 6) is -3.64. The van der Waals surface area contributed by atoms with Crippen molar-refractivity contribution in [3.63, 3.8) is 0 Å². The van der Waals surface area contributed by atoms with Gasteiger partial charge in [0.2, 0.25) is 5.78 Å². The second kappa shape index (κ2) is 6.23. The molecule has 1 aromatic heterocycles. The van der Waals surface area contributed by atoms with Crippen LogP contribution in [0.4, 0.5) is 0 Å². The first-order valence-electron chi connectivity index (χ1n) is 8.61. The van der Waals surface area contributed by atoms with Gasteiger partial charge in [0.05, 0.1) is 22.8 Å². The van der Waals surface area contributed by atoms with Crippen molar-refractivity contribution in [3.8, 4) is 34.3 Å². The molecule has 0 aliphatic heterocycles. The summed E-state index contributed by atoms with van der Waals surface area (Å²) in [6.07, 6.45) is 0.301. The predicted molar refractivity (Wildman–Crippen MR) is 99.8 cm³/mol. The lowest BCUT2D eigenvalue weighted by Crippen LogP contribution is -2.22. The molecule has 1 aliphatic carbocycles. The number of phenolic OH excluding ortho intramolecular Hbond substituents is 3. The van der Waals surface area contributed by atoms with Crippen LogP contribution in [-0.4, -0.2) is 32.0 Å². The van der Waals surface area contributed by atoms with Crippen LogP contribution in [0.15, 0.2) is 39.5 Å². The molecule has 0 radical (unpaired) electrons. The van der Waals surface area contributed by atoms with E-state index in [0.29, 0.717) is 12.0 Å². The molecule has 8 nitrogen and oxygen atoms in total. The molecule has 4 N–H and O–H groups in total. The smallest absolute Gasteiger partial charge is 0.339 e. The molecule has 29 heavy (non-hydrogen) atoms. The minimum Gasteiger partial charge on any atom is -0.508 e. The third kappa shape index (κ3) is 2.65. The van der Waals surface area contributed by atoms with Gasteiger partial charge in [-0.3, -0.25) is 9.59 Å². The predicted octanol–water partition coefficient (Wildman–Crippen LogP) is 2.47. The molecule has 0 spiro atoms. The number of rotatable bonds is 2. The quantitative estimate of drug-likeness (QED) is 0.406. The largest absolute Gasteiger partial charge is 0.508 e. The number of ketones is 2. The first kappa shape index (κ1) is 18.3. The molecule has 2 aromatic carbocycles.